The molecule has 1 fully saturated rings. The molecule has 0 unspecified atom stereocenters. The number of carbonyl (C=O) groups excluding carboxylic acids is 1. The van der Waals surface area contributed by atoms with E-state index in [0.717, 1.165) is 18.2 Å². The Morgan fingerprint density at radius 2 is 2.10 bits per heavy atom. The van der Waals surface area contributed by atoms with Gasteiger partial charge in [0.05, 0.1) is 0 Å². The summed E-state index contributed by atoms with van der Waals surface area (Å²) in [6, 6.07) is 10.4. The summed E-state index contributed by atoms with van der Waals surface area (Å²) in [6.07, 6.45) is 2.22. The van der Waals surface area contributed by atoms with E-state index in [9.17, 15) is 9.90 Å². The van der Waals surface area contributed by atoms with Gasteiger partial charge in [0.1, 0.15) is 0 Å². The van der Waals surface area contributed by atoms with Crippen LogP contribution in [0.1, 0.15) is 12.8 Å². The average Bonchev–Trinajstić information content (AvgIpc) is 2.51. The minimum atomic E-state index is -0.809. The van der Waals surface area contributed by atoms with Crippen LogP contribution in [0.5, 0.6) is 0 Å². The molecule has 1 N–H and O–H groups in total. The third-order valence-electron chi connectivity index (χ3n) is 3.98. The number of cyclic esters (lactones) is 1. The van der Waals surface area contributed by atoms with Gasteiger partial charge in [-0.05, 0) is 0 Å². The number of benzene rings is 1. The molecule has 21 heavy (non-hydrogen) atoms. The third-order valence-corrected chi connectivity index (χ3v) is 6.17. The Morgan fingerprint density at radius 1 is 1.29 bits per heavy atom. The molecule has 3 rings (SSSR count). The molecule has 0 bridgehead atoms. The van der Waals surface area contributed by atoms with E-state index in [1.165, 1.54) is 10.7 Å². The quantitative estimate of drug-likeness (QED) is 0.654. The Balaban J connectivity index is 1.61. The molecule has 2 aliphatic heterocycles. The molecule has 0 aromatic heterocycles. The number of carbonyl (C=O) groups is 1. The Bertz CT molecular complexity index is 528. The van der Waals surface area contributed by atoms with Crippen LogP contribution in [-0.4, -0.2) is 38.9 Å². The van der Waals surface area contributed by atoms with E-state index in [2.05, 4.69) is 12.1 Å². The van der Waals surface area contributed by atoms with E-state index >= 15 is 0 Å². The summed E-state index contributed by atoms with van der Waals surface area (Å²) in [5, 5.41) is 11.1. The number of aliphatic hydroxyl groups is 1. The second-order valence-electron chi connectivity index (χ2n) is 5.24. The van der Waals surface area contributed by atoms with Crippen LogP contribution in [-0.2, 0) is 14.3 Å². The Hall–Kier alpha value is -1.29. The van der Waals surface area contributed by atoms with Crippen LogP contribution < -0.4 is 4.46 Å². The van der Waals surface area contributed by atoms with E-state index in [-0.39, 0.29) is 17.8 Å². The second-order valence-corrected chi connectivity index (χ2v) is 7.70. The van der Waals surface area contributed by atoms with Gasteiger partial charge in [0, 0.05) is 0 Å². The molecular formula is C16H18O4Se. The molecule has 2 heterocycles. The topological polar surface area (TPSA) is 55.8 Å². The molecule has 0 spiro atoms. The first-order valence-corrected chi connectivity index (χ1v) is 9.21. The molecule has 4 nitrogen and oxygen atoms in total. The van der Waals surface area contributed by atoms with E-state index in [1.807, 2.05) is 18.2 Å². The minimum absolute atomic E-state index is 0.0107. The van der Waals surface area contributed by atoms with Crippen molar-refractivity contribution in [1.82, 2.24) is 0 Å². The van der Waals surface area contributed by atoms with Crippen molar-refractivity contribution in [2.45, 2.75) is 24.5 Å². The van der Waals surface area contributed by atoms with Crippen molar-refractivity contribution in [2.75, 3.05) is 6.61 Å². The number of rotatable bonds is 4. The Morgan fingerprint density at radius 3 is 2.90 bits per heavy atom. The first kappa shape index (κ1) is 14.6. The fourth-order valence-electron chi connectivity index (χ4n) is 2.87. The first-order chi connectivity index (χ1) is 10.3. The second kappa shape index (κ2) is 6.65. The van der Waals surface area contributed by atoms with Gasteiger partial charge in [0.25, 0.3) is 0 Å². The zero-order valence-corrected chi connectivity index (χ0v) is 13.3. The number of esters is 1. The molecule has 112 valence electrons. The van der Waals surface area contributed by atoms with Crippen LogP contribution in [0.4, 0.5) is 0 Å². The molecular weight excluding hydrogens is 335 g/mol. The fourth-order valence-corrected chi connectivity index (χ4v) is 4.91. The van der Waals surface area contributed by atoms with E-state index < -0.39 is 6.29 Å². The maximum atomic E-state index is 11.7. The normalized spacial score (nSPS) is 28.1. The molecule has 5 heteroatoms. The van der Waals surface area contributed by atoms with Crippen molar-refractivity contribution in [3.63, 3.8) is 0 Å². The summed E-state index contributed by atoms with van der Waals surface area (Å²) in [5.41, 5.74) is 0.587. The van der Waals surface area contributed by atoms with Crippen LogP contribution in [0.25, 0.3) is 0 Å². The summed E-state index contributed by atoms with van der Waals surface area (Å²) < 4.78 is 11.6. The van der Waals surface area contributed by atoms with E-state index in [1.54, 1.807) is 0 Å². The molecule has 2 aliphatic rings. The Kier molecular flexibility index (Phi) is 4.63. The molecule has 0 saturated carbocycles. The number of aliphatic hydroxyl groups excluding tert-OH is 1. The van der Waals surface area contributed by atoms with Gasteiger partial charge in [-0.25, -0.2) is 0 Å². The fraction of sp³-hybridized carbons (Fsp3) is 0.438. The van der Waals surface area contributed by atoms with Crippen LogP contribution in [0.3, 0.4) is 0 Å². The predicted molar refractivity (Wildman–Crippen MR) is 79.0 cm³/mol. The SMILES string of the molecule is O=C1OCC[C@@H]2C1=CO[C@@H](O)[C@@H]2CC[Se]c1ccccc1. The molecule has 3 atom stereocenters. The monoisotopic (exact) mass is 354 g/mol. The number of ether oxygens (including phenoxy) is 2. The van der Waals surface area contributed by atoms with Crippen molar-refractivity contribution in [1.29, 1.82) is 0 Å². The summed E-state index contributed by atoms with van der Waals surface area (Å²) in [6.45, 7) is 0.438. The van der Waals surface area contributed by atoms with Crippen molar-refractivity contribution in [2.24, 2.45) is 11.8 Å². The molecule has 1 aromatic rings. The van der Waals surface area contributed by atoms with Gasteiger partial charge in [-0.3, -0.25) is 0 Å². The third kappa shape index (κ3) is 3.31. The van der Waals surface area contributed by atoms with Gasteiger partial charge in [0.15, 0.2) is 0 Å². The van der Waals surface area contributed by atoms with Gasteiger partial charge >= 0.3 is 130 Å². The van der Waals surface area contributed by atoms with Crippen LogP contribution in [0.2, 0.25) is 5.32 Å². The zero-order chi connectivity index (χ0) is 14.7. The van der Waals surface area contributed by atoms with Crippen molar-refractivity contribution >= 4 is 25.4 Å². The predicted octanol–water partition coefficient (Wildman–Crippen LogP) is 1.24. The van der Waals surface area contributed by atoms with Crippen LogP contribution >= 0.6 is 0 Å². The van der Waals surface area contributed by atoms with Gasteiger partial charge < -0.3 is 0 Å². The molecule has 1 saturated heterocycles. The van der Waals surface area contributed by atoms with E-state index in [0.29, 0.717) is 27.1 Å². The summed E-state index contributed by atoms with van der Waals surface area (Å²) in [4.78, 5) is 11.7. The molecule has 0 aliphatic carbocycles. The zero-order valence-electron chi connectivity index (χ0n) is 11.6. The van der Waals surface area contributed by atoms with Gasteiger partial charge in [0.2, 0.25) is 0 Å². The number of hydrogen-bond donors (Lipinski definition) is 1. The standard InChI is InChI=1S/C16H18O4Se/c17-15-13(7-9-21-11-4-2-1-3-5-11)12-6-8-19-16(18)14(12)10-20-15/h1-5,10,12-13,15,17H,6-9H2/t12-,13+,15+/m0/s1. The summed E-state index contributed by atoms with van der Waals surface area (Å²) >= 11 is 0.386. The first-order valence-electron chi connectivity index (χ1n) is 7.14. The maximum absolute atomic E-state index is 11.7. The van der Waals surface area contributed by atoms with Crippen molar-refractivity contribution in [3.8, 4) is 0 Å². The van der Waals surface area contributed by atoms with E-state index in [4.69, 9.17) is 9.47 Å². The molecule has 0 amide bonds. The van der Waals surface area contributed by atoms with Gasteiger partial charge in [-0.1, -0.05) is 0 Å². The number of hydrogen-bond acceptors (Lipinski definition) is 4. The van der Waals surface area contributed by atoms with Crippen molar-refractivity contribution < 1.29 is 19.4 Å². The molecule has 1 aromatic carbocycles. The summed E-state index contributed by atoms with van der Waals surface area (Å²) in [5.74, 6) is -0.235. The number of fused-ring (bicyclic) bond motifs is 1. The van der Waals surface area contributed by atoms with Gasteiger partial charge in [-0.15, -0.1) is 0 Å². The summed E-state index contributed by atoms with van der Waals surface area (Å²) in [7, 11) is 0. The molecule has 0 radical (unpaired) electrons. The van der Waals surface area contributed by atoms with Crippen molar-refractivity contribution in [3.05, 3.63) is 42.2 Å². The Labute approximate surface area is 130 Å². The van der Waals surface area contributed by atoms with Gasteiger partial charge in [-0.2, -0.15) is 0 Å². The van der Waals surface area contributed by atoms with Crippen LogP contribution in [0.15, 0.2) is 42.2 Å². The van der Waals surface area contributed by atoms with Crippen LogP contribution in [0, 0.1) is 11.8 Å². The average molecular weight is 353 g/mol.